The number of hydrogen-bond acceptors (Lipinski definition) is 7. The molecular weight excluding hydrogens is 692 g/mol. The van der Waals surface area contributed by atoms with Gasteiger partial charge in [0.2, 0.25) is 11.8 Å². The fourth-order valence-corrected chi connectivity index (χ4v) is 7.02. The Balaban J connectivity index is 1.31. The highest BCUT2D eigenvalue weighted by Crippen LogP contribution is 2.33. The molecule has 9 nitrogen and oxygen atoms in total. The molecule has 1 aromatic heterocycles. The van der Waals surface area contributed by atoms with E-state index in [1.807, 2.05) is 65.2 Å². The van der Waals surface area contributed by atoms with Crippen LogP contribution in [0.2, 0.25) is 5.15 Å². The van der Waals surface area contributed by atoms with E-state index in [0.717, 1.165) is 65.3 Å². The van der Waals surface area contributed by atoms with Crippen molar-refractivity contribution >= 4 is 53.0 Å². The van der Waals surface area contributed by atoms with Gasteiger partial charge < -0.3 is 19.5 Å². The number of para-hydroxylation sites is 1. The minimum Gasteiger partial charge on any atom is -0.755 e. The van der Waals surface area contributed by atoms with Crippen molar-refractivity contribution in [2.24, 2.45) is 5.92 Å². The number of halogens is 1. The van der Waals surface area contributed by atoms with Gasteiger partial charge in [0.15, 0.2) is 5.15 Å². The number of aromatic nitrogens is 2. The molecule has 0 aliphatic carbocycles. The van der Waals surface area contributed by atoms with Gasteiger partial charge in [0.25, 0.3) is 0 Å². The Kier molecular flexibility index (Phi) is 16.0. The predicted molar refractivity (Wildman–Crippen MR) is 203 cm³/mol. The molecule has 0 spiro atoms. The Morgan fingerprint density at radius 3 is 2.36 bits per heavy atom. The number of carbonyl (C=O) groups is 2. The van der Waals surface area contributed by atoms with E-state index in [1.165, 1.54) is 0 Å². The Labute approximate surface area is 308 Å². The molecule has 268 valence electrons. The summed E-state index contributed by atoms with van der Waals surface area (Å²) >= 11 is 7.87. The molecular formula is C38H46ClN4O5S2-. The number of carbonyl (C=O) groups excluding carboxylic acids is 2. The Morgan fingerprint density at radius 1 is 0.980 bits per heavy atom. The number of aliphatic hydroxyl groups is 1. The van der Waals surface area contributed by atoms with Crippen LogP contribution in [0, 0.1) is 5.92 Å². The van der Waals surface area contributed by atoms with Crippen LogP contribution in [0.5, 0.6) is 0 Å². The summed E-state index contributed by atoms with van der Waals surface area (Å²) in [5.41, 5.74) is 4.30. The number of aliphatic hydroxyl groups excluding tert-OH is 1. The van der Waals surface area contributed by atoms with Crippen LogP contribution in [-0.4, -0.2) is 47.5 Å². The maximum absolute atomic E-state index is 13.3. The smallest absolute Gasteiger partial charge is 0.238 e. The largest absolute Gasteiger partial charge is 0.755 e. The van der Waals surface area contributed by atoms with Gasteiger partial charge in [-0.05, 0) is 48.4 Å². The molecule has 0 radical (unpaired) electrons. The van der Waals surface area contributed by atoms with E-state index >= 15 is 0 Å². The number of imidazole rings is 1. The number of nitrogens with one attached hydrogen (secondary N) is 1. The number of aryl methyl sites for hydroxylation is 1. The van der Waals surface area contributed by atoms with Crippen LogP contribution in [-0.2, 0) is 46.8 Å². The van der Waals surface area contributed by atoms with Crippen LogP contribution in [0.1, 0.15) is 74.5 Å². The summed E-state index contributed by atoms with van der Waals surface area (Å²) in [6, 6.07) is 24.5. The fraction of sp³-hybridized carbons (Fsp3) is 0.395. The number of amides is 2. The van der Waals surface area contributed by atoms with Crippen molar-refractivity contribution in [2.45, 2.75) is 77.9 Å². The molecule has 0 saturated carbocycles. The summed E-state index contributed by atoms with van der Waals surface area (Å²) in [5.74, 6) is 0.566. The Hall–Kier alpha value is -3.48. The van der Waals surface area contributed by atoms with Crippen LogP contribution >= 0.6 is 24.2 Å². The van der Waals surface area contributed by atoms with Crippen molar-refractivity contribution < 1.29 is 23.5 Å². The number of rotatable bonds is 20. The van der Waals surface area contributed by atoms with Gasteiger partial charge in [-0.25, -0.2) is 9.29 Å². The third-order valence-electron chi connectivity index (χ3n) is 8.64. The third-order valence-corrected chi connectivity index (χ3v) is 10.1. The van der Waals surface area contributed by atoms with Gasteiger partial charge >= 0.3 is 0 Å². The molecule has 0 bridgehead atoms. The molecule has 2 atom stereocenters. The summed E-state index contributed by atoms with van der Waals surface area (Å²) < 4.78 is 27.6. The van der Waals surface area contributed by atoms with E-state index in [9.17, 15) is 23.5 Å². The van der Waals surface area contributed by atoms with E-state index in [0.29, 0.717) is 53.8 Å². The summed E-state index contributed by atoms with van der Waals surface area (Å²) in [6.07, 6.45) is 6.24. The van der Waals surface area contributed by atoms with Crippen LogP contribution in [0.3, 0.4) is 0 Å². The lowest BCUT2D eigenvalue weighted by Crippen LogP contribution is -2.33. The maximum atomic E-state index is 13.3. The van der Waals surface area contributed by atoms with E-state index in [4.69, 9.17) is 11.6 Å². The highest BCUT2D eigenvalue weighted by Gasteiger charge is 2.21. The molecule has 0 saturated heterocycles. The SMILES string of the molecule is CCCCc1nc(Cl)c(CO)n1Cc1ccc(-c2ccccc2N(C(=O)CCCCCCNC(=O)C(CS)Cc2ccccc2)S(=O)[O-])cc1. The number of nitrogens with zero attached hydrogens (tertiary/aromatic N) is 3. The second-order valence-electron chi connectivity index (χ2n) is 12.3. The maximum Gasteiger partial charge on any atom is 0.238 e. The van der Waals surface area contributed by atoms with E-state index in [-0.39, 0.29) is 24.9 Å². The summed E-state index contributed by atoms with van der Waals surface area (Å²) in [5, 5.41) is 13.2. The first-order valence-corrected chi connectivity index (χ1v) is 19.2. The predicted octanol–water partition coefficient (Wildman–Crippen LogP) is 7.07. The van der Waals surface area contributed by atoms with E-state index in [2.05, 4.69) is 29.9 Å². The zero-order valence-electron chi connectivity index (χ0n) is 28.4. The van der Waals surface area contributed by atoms with Gasteiger partial charge in [0.1, 0.15) is 5.82 Å². The quantitative estimate of drug-likeness (QED) is 0.0506. The molecule has 2 amide bonds. The van der Waals surface area contributed by atoms with Gasteiger partial charge in [-0.1, -0.05) is 111 Å². The van der Waals surface area contributed by atoms with Crippen LogP contribution in [0.15, 0.2) is 78.9 Å². The highest BCUT2D eigenvalue weighted by molar-refractivity contribution is 7.81. The molecule has 4 rings (SSSR count). The molecule has 3 aromatic carbocycles. The standard InChI is InChI=1S/C38H47ClN4O5S2/c1-2-3-17-35-41-37(39)34(26-44)42(35)25-29-19-21-30(22-20-29)32-15-10-11-16-33(32)43(50(47)48)36(45)18-9-4-5-12-23-40-38(46)31(27-49)24-28-13-7-6-8-14-28/h6-8,10-11,13-16,19-22,31,44,49H,2-5,9,12,17-18,23-27H2,1H3,(H,40,46)(H,47,48)/p-1. The average molecular weight is 738 g/mol. The van der Waals surface area contributed by atoms with E-state index < -0.39 is 17.2 Å². The molecule has 0 aliphatic heterocycles. The molecule has 2 unspecified atom stereocenters. The molecule has 0 fully saturated rings. The van der Waals surface area contributed by atoms with Crippen molar-refractivity contribution in [2.75, 3.05) is 16.6 Å². The second kappa shape index (κ2) is 20.4. The van der Waals surface area contributed by atoms with Crippen LogP contribution in [0.4, 0.5) is 5.69 Å². The molecule has 2 N–H and O–H groups in total. The first-order chi connectivity index (χ1) is 24.3. The van der Waals surface area contributed by atoms with Crippen LogP contribution in [0.25, 0.3) is 11.1 Å². The highest BCUT2D eigenvalue weighted by atomic mass is 35.5. The lowest BCUT2D eigenvalue weighted by molar-refractivity contribution is -0.124. The van der Waals surface area contributed by atoms with Crippen molar-refractivity contribution in [1.29, 1.82) is 0 Å². The Bertz CT molecular complexity index is 1700. The van der Waals surface area contributed by atoms with Crippen LogP contribution < -0.4 is 9.62 Å². The normalized spacial score (nSPS) is 12.4. The molecule has 1 heterocycles. The minimum atomic E-state index is -2.81. The first-order valence-electron chi connectivity index (χ1n) is 17.1. The lowest BCUT2D eigenvalue weighted by atomic mass is 10.00. The summed E-state index contributed by atoms with van der Waals surface area (Å²) in [4.78, 5) is 30.4. The van der Waals surface area contributed by atoms with Crippen molar-refractivity contribution in [3.05, 3.63) is 107 Å². The molecule has 0 aliphatic rings. The van der Waals surface area contributed by atoms with Gasteiger partial charge in [0, 0.05) is 37.2 Å². The Morgan fingerprint density at radius 2 is 1.68 bits per heavy atom. The van der Waals surface area contributed by atoms with E-state index in [1.54, 1.807) is 18.2 Å². The number of benzene rings is 3. The zero-order chi connectivity index (χ0) is 35.9. The second-order valence-corrected chi connectivity index (χ2v) is 13.8. The lowest BCUT2D eigenvalue weighted by Gasteiger charge is -2.27. The fourth-order valence-electron chi connectivity index (χ4n) is 5.88. The minimum absolute atomic E-state index is 0.0172. The first kappa shape index (κ1) is 39.3. The number of hydrogen-bond donors (Lipinski definition) is 3. The van der Waals surface area contributed by atoms with Crippen molar-refractivity contribution in [1.82, 2.24) is 14.9 Å². The zero-order valence-corrected chi connectivity index (χ0v) is 30.9. The molecule has 4 aromatic rings. The summed E-state index contributed by atoms with van der Waals surface area (Å²) in [7, 11) is 0. The van der Waals surface area contributed by atoms with Crippen molar-refractivity contribution in [3.63, 3.8) is 0 Å². The third kappa shape index (κ3) is 11.0. The van der Waals surface area contributed by atoms with Gasteiger partial charge in [-0.3, -0.25) is 13.8 Å². The number of anilines is 1. The number of thiol groups is 1. The molecule has 12 heteroatoms. The van der Waals surface area contributed by atoms with Gasteiger partial charge in [-0.2, -0.15) is 12.6 Å². The topological polar surface area (TPSA) is 128 Å². The monoisotopic (exact) mass is 737 g/mol. The average Bonchev–Trinajstić information content (AvgIpc) is 3.42. The molecule has 50 heavy (non-hydrogen) atoms. The summed E-state index contributed by atoms with van der Waals surface area (Å²) in [6.45, 7) is 2.90. The number of unbranched alkanes of at least 4 members (excludes halogenated alkanes) is 4. The van der Waals surface area contributed by atoms with Crippen molar-refractivity contribution in [3.8, 4) is 11.1 Å². The van der Waals surface area contributed by atoms with Gasteiger partial charge in [-0.15, -0.1) is 0 Å². The van der Waals surface area contributed by atoms with Gasteiger partial charge in [0.05, 0.1) is 35.2 Å².